The minimum Gasteiger partial charge on any atom is -0.497 e. The van der Waals surface area contributed by atoms with Crippen molar-refractivity contribution in [2.45, 2.75) is 39.3 Å². The van der Waals surface area contributed by atoms with E-state index in [1.165, 1.54) is 0 Å². The Kier molecular flexibility index (Phi) is 3.92. The van der Waals surface area contributed by atoms with Gasteiger partial charge >= 0.3 is 0 Å². The Hall–Kier alpha value is -2.23. The van der Waals surface area contributed by atoms with Gasteiger partial charge in [-0.3, -0.25) is 4.79 Å². The van der Waals surface area contributed by atoms with Crippen molar-refractivity contribution < 1.29 is 13.9 Å². The summed E-state index contributed by atoms with van der Waals surface area (Å²) in [6.45, 7) is 4.34. The standard InChI is InChI=1S/C18H21NO3/c1-12-10-17(13(2)22-12)18(20)19(15-6-7-15)11-14-4-8-16(21-3)9-5-14/h4-5,8-10,15H,6-7,11H2,1-3H3. The van der Waals surface area contributed by atoms with Crippen LogP contribution in [0.1, 0.15) is 40.3 Å². The number of ether oxygens (including phenoxy) is 1. The van der Waals surface area contributed by atoms with E-state index in [1.807, 2.05) is 49.1 Å². The van der Waals surface area contributed by atoms with Gasteiger partial charge in [0.15, 0.2) is 0 Å². The van der Waals surface area contributed by atoms with Crippen LogP contribution in [0.25, 0.3) is 0 Å². The molecule has 0 aliphatic heterocycles. The van der Waals surface area contributed by atoms with Crippen molar-refractivity contribution >= 4 is 5.91 Å². The molecular formula is C18H21NO3. The number of amides is 1. The first-order valence-corrected chi connectivity index (χ1v) is 7.59. The van der Waals surface area contributed by atoms with Crippen LogP contribution in [0.5, 0.6) is 5.75 Å². The van der Waals surface area contributed by atoms with Gasteiger partial charge in [0.25, 0.3) is 5.91 Å². The topological polar surface area (TPSA) is 42.7 Å². The Bertz CT molecular complexity index is 668. The third kappa shape index (κ3) is 3.01. The molecule has 0 spiro atoms. The number of benzene rings is 1. The fraction of sp³-hybridized carbons (Fsp3) is 0.389. The van der Waals surface area contributed by atoms with Crippen LogP contribution in [-0.2, 0) is 6.54 Å². The van der Waals surface area contributed by atoms with Crippen LogP contribution in [0.4, 0.5) is 0 Å². The van der Waals surface area contributed by atoms with E-state index in [-0.39, 0.29) is 5.91 Å². The fourth-order valence-electron chi connectivity index (χ4n) is 2.68. The Morgan fingerprint density at radius 2 is 1.95 bits per heavy atom. The second kappa shape index (κ2) is 5.87. The highest BCUT2D eigenvalue weighted by Crippen LogP contribution is 2.31. The van der Waals surface area contributed by atoms with E-state index in [1.54, 1.807) is 7.11 Å². The average molecular weight is 299 g/mol. The normalized spacial score (nSPS) is 14.0. The van der Waals surface area contributed by atoms with E-state index in [4.69, 9.17) is 9.15 Å². The van der Waals surface area contributed by atoms with Crippen molar-refractivity contribution in [1.29, 1.82) is 0 Å². The van der Waals surface area contributed by atoms with Gasteiger partial charge in [-0.25, -0.2) is 0 Å². The highest BCUT2D eigenvalue weighted by molar-refractivity contribution is 5.95. The van der Waals surface area contributed by atoms with Gasteiger partial charge in [-0.15, -0.1) is 0 Å². The Labute approximate surface area is 130 Å². The van der Waals surface area contributed by atoms with Crippen LogP contribution in [0, 0.1) is 13.8 Å². The van der Waals surface area contributed by atoms with E-state index in [0.29, 0.717) is 23.9 Å². The van der Waals surface area contributed by atoms with Crippen LogP contribution in [-0.4, -0.2) is 24.0 Å². The van der Waals surface area contributed by atoms with Gasteiger partial charge in [0.1, 0.15) is 17.3 Å². The summed E-state index contributed by atoms with van der Waals surface area (Å²) in [5.41, 5.74) is 1.79. The molecule has 2 aromatic rings. The molecule has 0 saturated heterocycles. The molecule has 22 heavy (non-hydrogen) atoms. The summed E-state index contributed by atoms with van der Waals surface area (Å²) in [6, 6.07) is 10.1. The molecule has 3 rings (SSSR count). The summed E-state index contributed by atoms with van der Waals surface area (Å²) in [6.07, 6.45) is 2.16. The molecule has 0 atom stereocenters. The maximum Gasteiger partial charge on any atom is 0.257 e. The van der Waals surface area contributed by atoms with E-state index < -0.39 is 0 Å². The summed E-state index contributed by atoms with van der Waals surface area (Å²) in [5.74, 6) is 2.37. The van der Waals surface area contributed by atoms with Crippen molar-refractivity contribution in [1.82, 2.24) is 4.90 Å². The number of carbonyl (C=O) groups is 1. The largest absolute Gasteiger partial charge is 0.497 e. The monoisotopic (exact) mass is 299 g/mol. The first kappa shape index (κ1) is 14.7. The van der Waals surface area contributed by atoms with Crippen molar-refractivity contribution in [3.05, 3.63) is 53.0 Å². The quantitative estimate of drug-likeness (QED) is 0.845. The molecule has 1 fully saturated rings. The zero-order valence-corrected chi connectivity index (χ0v) is 13.3. The number of rotatable bonds is 5. The average Bonchev–Trinajstić information content (AvgIpc) is 3.29. The highest BCUT2D eigenvalue weighted by Gasteiger charge is 2.34. The molecule has 1 aromatic carbocycles. The van der Waals surface area contributed by atoms with Gasteiger partial charge in [-0.2, -0.15) is 0 Å². The number of nitrogens with zero attached hydrogens (tertiary/aromatic N) is 1. The molecule has 1 aliphatic rings. The van der Waals surface area contributed by atoms with E-state index in [0.717, 1.165) is 29.9 Å². The summed E-state index contributed by atoms with van der Waals surface area (Å²) in [7, 11) is 1.65. The van der Waals surface area contributed by atoms with Crippen molar-refractivity contribution in [2.24, 2.45) is 0 Å². The fourth-order valence-corrected chi connectivity index (χ4v) is 2.68. The first-order valence-electron chi connectivity index (χ1n) is 7.59. The first-order chi connectivity index (χ1) is 10.6. The van der Waals surface area contributed by atoms with Crippen LogP contribution >= 0.6 is 0 Å². The van der Waals surface area contributed by atoms with Crippen LogP contribution in [0.3, 0.4) is 0 Å². The van der Waals surface area contributed by atoms with Gasteiger partial charge in [-0.05, 0) is 50.5 Å². The molecular weight excluding hydrogens is 278 g/mol. The van der Waals surface area contributed by atoms with E-state index >= 15 is 0 Å². The molecule has 1 aliphatic carbocycles. The Morgan fingerprint density at radius 3 is 2.45 bits per heavy atom. The number of aryl methyl sites for hydroxylation is 2. The highest BCUT2D eigenvalue weighted by atomic mass is 16.5. The van der Waals surface area contributed by atoms with E-state index in [9.17, 15) is 4.79 Å². The molecule has 1 aromatic heterocycles. The molecule has 1 saturated carbocycles. The summed E-state index contributed by atoms with van der Waals surface area (Å²) < 4.78 is 10.7. The number of hydrogen-bond acceptors (Lipinski definition) is 3. The van der Waals surface area contributed by atoms with Crippen molar-refractivity contribution in [2.75, 3.05) is 7.11 Å². The molecule has 4 heteroatoms. The van der Waals surface area contributed by atoms with Gasteiger partial charge < -0.3 is 14.1 Å². The third-order valence-electron chi connectivity index (χ3n) is 4.03. The predicted octanol–water partition coefficient (Wildman–Crippen LogP) is 3.71. The summed E-state index contributed by atoms with van der Waals surface area (Å²) >= 11 is 0. The second-order valence-corrected chi connectivity index (χ2v) is 5.84. The molecule has 0 N–H and O–H groups in total. The Morgan fingerprint density at radius 1 is 1.27 bits per heavy atom. The van der Waals surface area contributed by atoms with Crippen molar-refractivity contribution in [3.63, 3.8) is 0 Å². The summed E-state index contributed by atoms with van der Waals surface area (Å²) in [5, 5.41) is 0. The molecule has 1 heterocycles. The number of carbonyl (C=O) groups excluding carboxylic acids is 1. The van der Waals surface area contributed by atoms with Crippen LogP contribution in [0.15, 0.2) is 34.7 Å². The van der Waals surface area contributed by atoms with E-state index in [2.05, 4.69) is 0 Å². The van der Waals surface area contributed by atoms with Gasteiger partial charge in [0, 0.05) is 12.6 Å². The lowest BCUT2D eigenvalue weighted by Gasteiger charge is -2.22. The zero-order valence-electron chi connectivity index (χ0n) is 13.3. The SMILES string of the molecule is COc1ccc(CN(C(=O)c2cc(C)oc2C)C2CC2)cc1. The Balaban J connectivity index is 1.80. The number of hydrogen-bond donors (Lipinski definition) is 0. The zero-order chi connectivity index (χ0) is 15.7. The molecule has 0 bridgehead atoms. The maximum atomic E-state index is 12.8. The van der Waals surface area contributed by atoms with Gasteiger partial charge in [0.05, 0.1) is 12.7 Å². The minimum absolute atomic E-state index is 0.0627. The molecule has 0 radical (unpaired) electrons. The minimum atomic E-state index is 0.0627. The molecule has 1 amide bonds. The summed E-state index contributed by atoms with van der Waals surface area (Å²) in [4.78, 5) is 14.8. The maximum absolute atomic E-state index is 12.8. The molecule has 4 nitrogen and oxygen atoms in total. The lowest BCUT2D eigenvalue weighted by molar-refractivity contribution is 0.0728. The lowest BCUT2D eigenvalue weighted by Crippen LogP contribution is -2.32. The van der Waals surface area contributed by atoms with Crippen LogP contribution < -0.4 is 4.74 Å². The molecule has 116 valence electrons. The number of furan rings is 1. The van der Waals surface area contributed by atoms with Crippen molar-refractivity contribution in [3.8, 4) is 5.75 Å². The van der Waals surface area contributed by atoms with Gasteiger partial charge in [-0.1, -0.05) is 12.1 Å². The number of methoxy groups -OCH3 is 1. The predicted molar refractivity (Wildman–Crippen MR) is 84.1 cm³/mol. The lowest BCUT2D eigenvalue weighted by atomic mass is 10.1. The van der Waals surface area contributed by atoms with Crippen LogP contribution in [0.2, 0.25) is 0 Å². The second-order valence-electron chi connectivity index (χ2n) is 5.84. The third-order valence-corrected chi connectivity index (χ3v) is 4.03. The molecule has 0 unspecified atom stereocenters. The van der Waals surface area contributed by atoms with Gasteiger partial charge in [0.2, 0.25) is 0 Å². The smallest absolute Gasteiger partial charge is 0.257 e.